The summed E-state index contributed by atoms with van der Waals surface area (Å²) < 4.78 is 0. The molecule has 0 amide bonds. The van der Waals surface area contributed by atoms with Crippen molar-refractivity contribution >= 4 is 0 Å². The first-order chi connectivity index (χ1) is 3.41. The van der Waals surface area contributed by atoms with Crippen LogP contribution < -0.4 is 11.1 Å². The van der Waals surface area contributed by atoms with Crippen LogP contribution in [0, 0.1) is 0 Å². The van der Waals surface area contributed by atoms with Crippen LogP contribution in [0.3, 0.4) is 0 Å². The molecule has 0 radical (unpaired) electrons. The molecule has 0 aromatic heterocycles. The average molecular weight is 104 g/mol. The highest BCUT2D eigenvalue weighted by atomic mass is 14.9. The SMILES string of the molecule is CCC[NH2+]CC[NH3+]. The van der Waals surface area contributed by atoms with Gasteiger partial charge in [-0.3, -0.25) is 0 Å². The highest BCUT2D eigenvalue weighted by molar-refractivity contribution is 4.15. The summed E-state index contributed by atoms with van der Waals surface area (Å²) in [6.07, 6.45) is 1.28. The lowest BCUT2D eigenvalue weighted by molar-refractivity contribution is -0.669. The van der Waals surface area contributed by atoms with Gasteiger partial charge < -0.3 is 11.1 Å². The standard InChI is InChI=1S/C5H14N2/c1-2-4-7-5-3-6/h7H,2-6H2,1H3/p+2. The van der Waals surface area contributed by atoms with Crippen LogP contribution in [0.4, 0.5) is 0 Å². The summed E-state index contributed by atoms with van der Waals surface area (Å²) in [5.41, 5.74) is 3.73. The van der Waals surface area contributed by atoms with Gasteiger partial charge in [0.15, 0.2) is 0 Å². The van der Waals surface area contributed by atoms with E-state index in [-0.39, 0.29) is 0 Å². The molecule has 0 saturated carbocycles. The summed E-state index contributed by atoms with van der Waals surface area (Å²) >= 11 is 0. The molecule has 0 aromatic carbocycles. The largest absolute Gasteiger partial charge is 0.353 e. The van der Waals surface area contributed by atoms with Crippen molar-refractivity contribution in [1.82, 2.24) is 0 Å². The molecule has 0 rings (SSSR count). The van der Waals surface area contributed by atoms with Crippen molar-refractivity contribution in [3.05, 3.63) is 0 Å². The Morgan fingerprint density at radius 1 is 1.43 bits per heavy atom. The van der Waals surface area contributed by atoms with Gasteiger partial charge in [-0.05, 0) is 6.42 Å². The molecule has 0 aliphatic heterocycles. The number of rotatable bonds is 4. The van der Waals surface area contributed by atoms with Gasteiger partial charge in [0.2, 0.25) is 0 Å². The second-order valence-corrected chi connectivity index (χ2v) is 1.72. The molecule has 0 saturated heterocycles. The Bertz CT molecular complexity index is 25.3. The van der Waals surface area contributed by atoms with E-state index in [2.05, 4.69) is 18.0 Å². The minimum absolute atomic E-state index is 1.06. The van der Waals surface area contributed by atoms with Gasteiger partial charge in [0.05, 0.1) is 6.54 Å². The molecule has 2 heteroatoms. The second kappa shape index (κ2) is 5.92. The summed E-state index contributed by atoms with van der Waals surface area (Å²) in [5, 5.41) is 2.30. The van der Waals surface area contributed by atoms with Crippen LogP contribution in [-0.4, -0.2) is 19.6 Å². The Labute approximate surface area is 45.1 Å². The quantitative estimate of drug-likeness (QED) is 0.395. The summed E-state index contributed by atoms with van der Waals surface area (Å²) in [5.74, 6) is 0. The fraction of sp³-hybridized carbons (Fsp3) is 1.00. The van der Waals surface area contributed by atoms with Gasteiger partial charge in [0, 0.05) is 0 Å². The molecule has 7 heavy (non-hydrogen) atoms. The minimum atomic E-state index is 1.06. The zero-order valence-corrected chi connectivity index (χ0v) is 5.11. The van der Waals surface area contributed by atoms with Crippen LogP contribution >= 0.6 is 0 Å². The van der Waals surface area contributed by atoms with Gasteiger partial charge in [-0.25, -0.2) is 0 Å². The van der Waals surface area contributed by atoms with Crippen molar-refractivity contribution in [2.24, 2.45) is 0 Å². The first-order valence-electron chi connectivity index (χ1n) is 3.02. The third-order valence-electron chi connectivity index (χ3n) is 0.901. The summed E-state index contributed by atoms with van der Waals surface area (Å²) in [6.45, 7) is 5.70. The zero-order chi connectivity index (χ0) is 5.54. The first-order valence-corrected chi connectivity index (χ1v) is 3.02. The third kappa shape index (κ3) is 5.92. The normalized spacial score (nSPS) is 9.43. The Balaban J connectivity index is 2.45. The maximum atomic E-state index is 3.73. The Kier molecular flexibility index (Phi) is 5.85. The van der Waals surface area contributed by atoms with E-state index in [1.807, 2.05) is 0 Å². The molecule has 0 heterocycles. The van der Waals surface area contributed by atoms with E-state index in [0.29, 0.717) is 0 Å². The molecule has 0 bridgehead atoms. The lowest BCUT2D eigenvalue weighted by Crippen LogP contribution is -2.87. The lowest BCUT2D eigenvalue weighted by Gasteiger charge is -1.91. The van der Waals surface area contributed by atoms with Crippen molar-refractivity contribution in [1.29, 1.82) is 0 Å². The molecule has 0 spiro atoms. The smallest absolute Gasteiger partial charge is 0.125 e. The van der Waals surface area contributed by atoms with Crippen LogP contribution in [0.1, 0.15) is 13.3 Å². The Morgan fingerprint density at radius 2 is 2.14 bits per heavy atom. The van der Waals surface area contributed by atoms with E-state index in [4.69, 9.17) is 0 Å². The zero-order valence-electron chi connectivity index (χ0n) is 5.11. The highest BCUT2D eigenvalue weighted by Gasteiger charge is 1.82. The van der Waals surface area contributed by atoms with Crippen LogP contribution in [0.2, 0.25) is 0 Å². The molecular formula is C5H16N2+2. The molecule has 0 aliphatic carbocycles. The maximum Gasteiger partial charge on any atom is 0.125 e. The Hall–Kier alpha value is -0.0800. The van der Waals surface area contributed by atoms with E-state index in [1.165, 1.54) is 19.5 Å². The van der Waals surface area contributed by atoms with Crippen LogP contribution in [0.15, 0.2) is 0 Å². The molecule has 0 atom stereocenters. The molecule has 2 nitrogen and oxygen atoms in total. The van der Waals surface area contributed by atoms with E-state index in [0.717, 1.165) is 6.54 Å². The average Bonchev–Trinajstić information content (AvgIpc) is 1.69. The van der Waals surface area contributed by atoms with Crippen molar-refractivity contribution < 1.29 is 11.1 Å². The van der Waals surface area contributed by atoms with E-state index >= 15 is 0 Å². The Morgan fingerprint density at radius 3 is 2.57 bits per heavy atom. The molecule has 5 N–H and O–H groups in total. The van der Waals surface area contributed by atoms with Crippen LogP contribution in [-0.2, 0) is 0 Å². The van der Waals surface area contributed by atoms with Gasteiger partial charge in [0.1, 0.15) is 13.1 Å². The van der Waals surface area contributed by atoms with Crippen molar-refractivity contribution in [3.63, 3.8) is 0 Å². The van der Waals surface area contributed by atoms with Crippen LogP contribution in [0.25, 0.3) is 0 Å². The first kappa shape index (κ1) is 6.92. The maximum absolute atomic E-state index is 3.73. The van der Waals surface area contributed by atoms with Gasteiger partial charge in [-0.1, -0.05) is 6.92 Å². The number of hydrogen-bond donors (Lipinski definition) is 2. The highest BCUT2D eigenvalue weighted by Crippen LogP contribution is 1.57. The van der Waals surface area contributed by atoms with Crippen molar-refractivity contribution in [2.75, 3.05) is 19.6 Å². The minimum Gasteiger partial charge on any atom is -0.353 e. The van der Waals surface area contributed by atoms with Gasteiger partial charge in [-0.2, -0.15) is 0 Å². The van der Waals surface area contributed by atoms with E-state index < -0.39 is 0 Å². The molecule has 0 aromatic rings. The number of hydrogen-bond acceptors (Lipinski definition) is 0. The third-order valence-corrected chi connectivity index (χ3v) is 0.901. The van der Waals surface area contributed by atoms with Gasteiger partial charge in [-0.15, -0.1) is 0 Å². The molecular weight excluding hydrogens is 88.1 g/mol. The monoisotopic (exact) mass is 104 g/mol. The second-order valence-electron chi connectivity index (χ2n) is 1.72. The number of quaternary nitrogens is 2. The van der Waals surface area contributed by atoms with Gasteiger partial charge in [0.25, 0.3) is 0 Å². The van der Waals surface area contributed by atoms with Gasteiger partial charge >= 0.3 is 0 Å². The molecule has 0 unspecified atom stereocenters. The summed E-state index contributed by atoms with van der Waals surface area (Å²) in [4.78, 5) is 0. The van der Waals surface area contributed by atoms with Crippen molar-refractivity contribution in [2.45, 2.75) is 13.3 Å². The number of nitrogens with two attached hydrogens (primary N) is 1. The topological polar surface area (TPSA) is 44.2 Å². The van der Waals surface area contributed by atoms with Crippen LogP contribution in [0.5, 0.6) is 0 Å². The fourth-order valence-corrected chi connectivity index (χ4v) is 0.493. The fourth-order valence-electron chi connectivity index (χ4n) is 0.493. The molecule has 44 valence electrons. The molecule has 0 aliphatic rings. The summed E-state index contributed by atoms with van der Waals surface area (Å²) in [6, 6.07) is 0. The summed E-state index contributed by atoms with van der Waals surface area (Å²) in [7, 11) is 0. The van der Waals surface area contributed by atoms with E-state index in [1.54, 1.807) is 0 Å². The predicted octanol–water partition coefficient (Wildman–Crippen LogP) is -1.80. The van der Waals surface area contributed by atoms with Crippen molar-refractivity contribution in [3.8, 4) is 0 Å². The lowest BCUT2D eigenvalue weighted by atomic mass is 10.5. The predicted molar refractivity (Wildman–Crippen MR) is 29.7 cm³/mol. The molecule has 0 fully saturated rings. The van der Waals surface area contributed by atoms with E-state index in [9.17, 15) is 0 Å².